The molecule has 1 aromatic heterocycles. The Morgan fingerprint density at radius 1 is 1.26 bits per heavy atom. The summed E-state index contributed by atoms with van der Waals surface area (Å²) in [6.45, 7) is 2.81. The van der Waals surface area contributed by atoms with Gasteiger partial charge >= 0.3 is 0 Å². The van der Waals surface area contributed by atoms with E-state index in [-0.39, 0.29) is 24.4 Å². The van der Waals surface area contributed by atoms with E-state index >= 15 is 0 Å². The molecule has 23 heavy (non-hydrogen) atoms. The summed E-state index contributed by atoms with van der Waals surface area (Å²) in [4.78, 5) is 13.7. The molecule has 1 aromatic carbocycles. The smallest absolute Gasteiger partial charge is 0.251 e. The van der Waals surface area contributed by atoms with Crippen molar-refractivity contribution in [2.75, 3.05) is 19.6 Å². The number of amides is 1. The van der Waals surface area contributed by atoms with Crippen molar-refractivity contribution in [3.05, 3.63) is 59.0 Å². The van der Waals surface area contributed by atoms with Gasteiger partial charge in [-0.25, -0.2) is 0 Å². The normalized spacial score (nSPS) is 15.9. The summed E-state index contributed by atoms with van der Waals surface area (Å²) in [7, 11) is 0. The summed E-state index contributed by atoms with van der Waals surface area (Å²) in [6, 6.07) is 11.1. The second-order valence-corrected chi connectivity index (χ2v) is 6.09. The number of likely N-dealkylation sites (tertiary alicyclic amines) is 1. The van der Waals surface area contributed by atoms with Gasteiger partial charge in [-0.05, 0) is 30.3 Å². The molecule has 1 saturated heterocycles. The van der Waals surface area contributed by atoms with Crippen LogP contribution < -0.4 is 22.6 Å². The van der Waals surface area contributed by atoms with E-state index in [9.17, 15) is 4.79 Å². The molecule has 2 aromatic rings. The number of carbonyl (C=O) groups excluding carboxylic acids is 1. The maximum Gasteiger partial charge on any atom is 0.251 e. The minimum absolute atomic E-state index is 0. The molecule has 0 radical (unpaired) electrons. The standard InChI is InChI=1S/C17H19ClN2O2.ClH/c18-14-6-3-5-13(11-14)17(21)19-12-15(16-7-4-10-22-16)20-8-1-2-9-20;/h3-7,10-11,15H,1-2,8-9,12H2,(H,19,21);1H. The third-order valence-electron chi connectivity index (χ3n) is 4.18. The average molecular weight is 355 g/mol. The van der Waals surface area contributed by atoms with Gasteiger partial charge in [-0.15, -0.1) is 0 Å². The first-order valence-electron chi connectivity index (χ1n) is 7.66. The number of hydrogen-bond acceptors (Lipinski definition) is 2. The maximum absolute atomic E-state index is 12.3. The zero-order valence-electron chi connectivity index (χ0n) is 12.7. The van der Waals surface area contributed by atoms with E-state index in [1.165, 1.54) is 17.7 Å². The third kappa shape index (κ3) is 4.50. The lowest BCUT2D eigenvalue weighted by Crippen LogP contribution is -3.11. The zero-order chi connectivity index (χ0) is 15.4. The highest BCUT2D eigenvalue weighted by atomic mass is 35.5. The molecule has 3 rings (SSSR count). The number of benzene rings is 1. The minimum Gasteiger partial charge on any atom is -1.00 e. The van der Waals surface area contributed by atoms with Gasteiger partial charge in [-0.1, -0.05) is 17.7 Å². The third-order valence-corrected chi connectivity index (χ3v) is 4.41. The number of quaternary nitrogens is 1. The summed E-state index contributed by atoms with van der Waals surface area (Å²) in [5.74, 6) is 0.834. The van der Waals surface area contributed by atoms with Gasteiger partial charge in [0.2, 0.25) is 0 Å². The Balaban J connectivity index is 0.00000192. The minimum atomic E-state index is -0.0994. The molecule has 0 bridgehead atoms. The number of hydrogen-bond donors (Lipinski definition) is 2. The van der Waals surface area contributed by atoms with Crippen molar-refractivity contribution >= 4 is 17.5 Å². The van der Waals surface area contributed by atoms with Gasteiger partial charge in [-0.3, -0.25) is 4.79 Å². The van der Waals surface area contributed by atoms with Crippen molar-refractivity contribution in [1.29, 1.82) is 0 Å². The number of nitrogens with one attached hydrogen (secondary N) is 2. The Bertz CT molecular complexity index is 625. The number of carbonyl (C=O) groups is 1. The fraction of sp³-hybridized carbons (Fsp3) is 0.353. The van der Waals surface area contributed by atoms with Crippen LogP contribution in [0.15, 0.2) is 47.1 Å². The van der Waals surface area contributed by atoms with Gasteiger partial charge < -0.3 is 27.0 Å². The second-order valence-electron chi connectivity index (χ2n) is 5.65. The molecular weight excluding hydrogens is 335 g/mol. The van der Waals surface area contributed by atoms with Gasteiger partial charge in [0.15, 0.2) is 11.8 Å². The fourth-order valence-corrected chi connectivity index (χ4v) is 3.23. The monoisotopic (exact) mass is 354 g/mol. The highest BCUT2D eigenvalue weighted by molar-refractivity contribution is 6.30. The number of halogens is 2. The van der Waals surface area contributed by atoms with E-state index in [0.717, 1.165) is 18.8 Å². The van der Waals surface area contributed by atoms with Crippen LogP contribution in [0.25, 0.3) is 0 Å². The van der Waals surface area contributed by atoms with Crippen LogP contribution in [0.3, 0.4) is 0 Å². The molecule has 0 aliphatic carbocycles. The van der Waals surface area contributed by atoms with Crippen molar-refractivity contribution in [2.45, 2.75) is 18.9 Å². The molecular formula is C17H20Cl2N2O2. The summed E-state index contributed by atoms with van der Waals surface area (Å²) in [5.41, 5.74) is 0.585. The van der Waals surface area contributed by atoms with Crippen molar-refractivity contribution in [3.63, 3.8) is 0 Å². The summed E-state index contributed by atoms with van der Waals surface area (Å²) in [5, 5.41) is 3.58. The van der Waals surface area contributed by atoms with E-state index in [2.05, 4.69) is 5.32 Å². The van der Waals surface area contributed by atoms with Crippen molar-refractivity contribution in [3.8, 4) is 0 Å². The van der Waals surface area contributed by atoms with E-state index in [1.54, 1.807) is 30.5 Å². The highest BCUT2D eigenvalue weighted by Gasteiger charge is 2.29. The molecule has 1 aliphatic rings. The average Bonchev–Trinajstić information content (AvgIpc) is 3.21. The lowest BCUT2D eigenvalue weighted by molar-refractivity contribution is -0.919. The molecule has 0 spiro atoms. The van der Waals surface area contributed by atoms with Crippen LogP contribution >= 0.6 is 11.6 Å². The molecule has 124 valence electrons. The Labute approximate surface area is 147 Å². The van der Waals surface area contributed by atoms with Gasteiger partial charge in [-0.2, -0.15) is 0 Å². The van der Waals surface area contributed by atoms with Crippen molar-refractivity contribution in [2.24, 2.45) is 0 Å². The predicted molar refractivity (Wildman–Crippen MR) is 85.2 cm³/mol. The summed E-state index contributed by atoms with van der Waals surface area (Å²) >= 11 is 5.94. The van der Waals surface area contributed by atoms with Crippen LogP contribution in [0.1, 0.15) is 35.0 Å². The number of rotatable bonds is 5. The SMILES string of the molecule is O=C(NCC(c1ccco1)[NH+]1CCCC1)c1cccc(Cl)c1.[Cl-]. The fourth-order valence-electron chi connectivity index (χ4n) is 3.04. The molecule has 1 unspecified atom stereocenters. The van der Waals surface area contributed by atoms with E-state index in [4.69, 9.17) is 16.0 Å². The first-order chi connectivity index (χ1) is 10.7. The van der Waals surface area contributed by atoms with Crippen LogP contribution in [0.4, 0.5) is 0 Å². The van der Waals surface area contributed by atoms with E-state index in [1.807, 2.05) is 12.1 Å². The molecule has 4 nitrogen and oxygen atoms in total. The Hall–Kier alpha value is -1.49. The largest absolute Gasteiger partial charge is 1.00 e. The Kier molecular flexibility index (Phi) is 6.51. The van der Waals surface area contributed by atoms with E-state index < -0.39 is 0 Å². The van der Waals surface area contributed by atoms with Crippen LogP contribution in [-0.2, 0) is 0 Å². The van der Waals surface area contributed by atoms with Crippen molar-refractivity contribution < 1.29 is 26.5 Å². The number of furan rings is 1. The first kappa shape index (κ1) is 17.9. The predicted octanol–water partition coefficient (Wildman–Crippen LogP) is -0.913. The zero-order valence-corrected chi connectivity index (χ0v) is 14.2. The molecule has 1 atom stereocenters. The molecule has 2 heterocycles. The quantitative estimate of drug-likeness (QED) is 0.730. The van der Waals surface area contributed by atoms with Crippen LogP contribution in [0, 0.1) is 0 Å². The van der Waals surface area contributed by atoms with E-state index in [0.29, 0.717) is 17.1 Å². The molecule has 1 fully saturated rings. The van der Waals surface area contributed by atoms with Gasteiger partial charge in [0.25, 0.3) is 5.91 Å². The Morgan fingerprint density at radius 3 is 2.70 bits per heavy atom. The van der Waals surface area contributed by atoms with Crippen LogP contribution in [0.5, 0.6) is 0 Å². The topological polar surface area (TPSA) is 46.7 Å². The molecule has 1 aliphatic heterocycles. The molecule has 1 amide bonds. The lowest BCUT2D eigenvalue weighted by Gasteiger charge is -2.23. The van der Waals surface area contributed by atoms with Gasteiger partial charge in [0, 0.05) is 23.4 Å². The first-order valence-corrected chi connectivity index (χ1v) is 8.03. The second kappa shape index (κ2) is 8.39. The highest BCUT2D eigenvalue weighted by Crippen LogP contribution is 2.13. The van der Waals surface area contributed by atoms with Gasteiger partial charge in [0.05, 0.1) is 25.9 Å². The molecule has 2 N–H and O–H groups in total. The maximum atomic E-state index is 12.3. The van der Waals surface area contributed by atoms with Crippen molar-refractivity contribution in [1.82, 2.24) is 5.32 Å². The Morgan fingerprint density at radius 2 is 2.04 bits per heavy atom. The van der Waals surface area contributed by atoms with Crippen LogP contribution in [0.2, 0.25) is 5.02 Å². The lowest BCUT2D eigenvalue weighted by atomic mass is 10.1. The summed E-state index contributed by atoms with van der Waals surface area (Å²) < 4.78 is 5.57. The molecule has 0 saturated carbocycles. The molecule has 6 heteroatoms. The van der Waals surface area contributed by atoms with Gasteiger partial charge in [0.1, 0.15) is 0 Å². The summed E-state index contributed by atoms with van der Waals surface area (Å²) in [6.07, 6.45) is 4.15. The van der Waals surface area contributed by atoms with Crippen LogP contribution in [-0.4, -0.2) is 25.5 Å².